The van der Waals surface area contributed by atoms with Crippen LogP contribution in [0.5, 0.6) is 0 Å². The minimum Gasteiger partial charge on any atom is -0.335 e. The smallest absolute Gasteiger partial charge is 0.247 e. The van der Waals surface area contributed by atoms with Gasteiger partial charge < -0.3 is 9.88 Å². The molecule has 3 rings (SSSR count). The highest BCUT2D eigenvalue weighted by Crippen LogP contribution is 2.26. The van der Waals surface area contributed by atoms with Gasteiger partial charge in [0.05, 0.1) is 0 Å². The quantitative estimate of drug-likeness (QED) is 0.689. The monoisotopic (exact) mass is 338 g/mol. The number of fused-ring (bicyclic) bond motifs is 1. The first-order valence-electron chi connectivity index (χ1n) is 8.72. The van der Waals surface area contributed by atoms with Crippen LogP contribution in [0.1, 0.15) is 37.9 Å². The molecular formula is C21H23FN2O. The van der Waals surface area contributed by atoms with Crippen molar-refractivity contribution < 1.29 is 9.18 Å². The molecule has 1 N–H and O–H groups in total. The number of halogens is 1. The zero-order valence-electron chi connectivity index (χ0n) is 14.8. The largest absolute Gasteiger partial charge is 0.335 e. The van der Waals surface area contributed by atoms with Crippen molar-refractivity contribution in [1.82, 2.24) is 4.57 Å². The van der Waals surface area contributed by atoms with E-state index in [2.05, 4.69) is 19.2 Å². The number of carbonyl (C=O) groups excluding carboxylic acids is 1. The van der Waals surface area contributed by atoms with Gasteiger partial charge in [-0.05, 0) is 55.2 Å². The molecular weight excluding hydrogens is 315 g/mol. The number of hydrogen-bond acceptors (Lipinski definition) is 1. The molecule has 4 heteroatoms. The maximum atomic E-state index is 13.4. The minimum absolute atomic E-state index is 0.0718. The van der Waals surface area contributed by atoms with Crippen molar-refractivity contribution in [3.05, 3.63) is 65.6 Å². The average Bonchev–Trinajstić information content (AvgIpc) is 3.03. The van der Waals surface area contributed by atoms with E-state index in [1.165, 1.54) is 12.1 Å². The third-order valence-electron chi connectivity index (χ3n) is 4.73. The first kappa shape index (κ1) is 17.2. The molecule has 3 nitrogen and oxygen atoms in total. The third-order valence-corrected chi connectivity index (χ3v) is 4.73. The molecule has 1 unspecified atom stereocenters. The zero-order valence-corrected chi connectivity index (χ0v) is 14.8. The molecule has 0 bridgehead atoms. The number of carbonyl (C=O) groups is 1. The van der Waals surface area contributed by atoms with Crippen LogP contribution in [0.25, 0.3) is 10.9 Å². The second-order valence-electron chi connectivity index (χ2n) is 6.25. The van der Waals surface area contributed by atoms with Crippen molar-refractivity contribution in [2.75, 3.05) is 5.32 Å². The lowest BCUT2D eigenvalue weighted by atomic mass is 10.0. The molecule has 0 aliphatic carbocycles. The maximum absolute atomic E-state index is 13.4. The first-order valence-corrected chi connectivity index (χ1v) is 8.72. The Morgan fingerprint density at radius 2 is 1.80 bits per heavy atom. The summed E-state index contributed by atoms with van der Waals surface area (Å²) in [6, 6.07) is 12.2. The van der Waals surface area contributed by atoms with Crippen molar-refractivity contribution in [1.29, 1.82) is 0 Å². The standard InChI is InChI=1S/C21H23FN2O/c1-4-15-7-6-8-16(5-2)20(15)23-21(25)14(3)24-12-11-17-13-18(22)9-10-19(17)24/h6-14H,4-5H2,1-3H3,(H,23,25). The predicted octanol–water partition coefficient (Wildman–Crippen LogP) is 5.10. The number of amides is 1. The Labute approximate surface area is 147 Å². The number of para-hydroxylation sites is 1. The van der Waals surface area contributed by atoms with E-state index >= 15 is 0 Å². The number of nitrogens with zero attached hydrogens (tertiary/aromatic N) is 1. The van der Waals surface area contributed by atoms with Crippen LogP contribution in [-0.2, 0) is 17.6 Å². The summed E-state index contributed by atoms with van der Waals surface area (Å²) in [5, 5.41) is 3.91. The van der Waals surface area contributed by atoms with Gasteiger partial charge in [-0.25, -0.2) is 4.39 Å². The van der Waals surface area contributed by atoms with Crippen molar-refractivity contribution in [3.8, 4) is 0 Å². The molecule has 130 valence electrons. The summed E-state index contributed by atoms with van der Waals surface area (Å²) in [7, 11) is 0. The molecule has 0 saturated heterocycles. The Balaban J connectivity index is 1.91. The molecule has 1 amide bonds. The van der Waals surface area contributed by atoms with Gasteiger partial charge in [-0.15, -0.1) is 0 Å². The molecule has 0 fully saturated rings. The molecule has 1 aromatic heterocycles. The van der Waals surface area contributed by atoms with Crippen LogP contribution >= 0.6 is 0 Å². The number of aryl methyl sites for hydroxylation is 2. The minimum atomic E-state index is -0.391. The molecule has 1 heterocycles. The summed E-state index contributed by atoms with van der Waals surface area (Å²) < 4.78 is 15.3. The van der Waals surface area contributed by atoms with E-state index in [1.807, 2.05) is 42.0 Å². The van der Waals surface area contributed by atoms with E-state index in [-0.39, 0.29) is 11.7 Å². The molecule has 0 saturated carbocycles. The van der Waals surface area contributed by atoms with E-state index in [0.717, 1.165) is 40.6 Å². The summed E-state index contributed by atoms with van der Waals surface area (Å²) in [6.45, 7) is 6.03. The third kappa shape index (κ3) is 3.29. The van der Waals surface area contributed by atoms with Gasteiger partial charge in [0.2, 0.25) is 5.91 Å². The SMILES string of the molecule is CCc1cccc(CC)c1NC(=O)C(C)n1ccc2cc(F)ccc21. The van der Waals surface area contributed by atoms with Crippen LogP contribution in [0.3, 0.4) is 0 Å². The van der Waals surface area contributed by atoms with Crippen LogP contribution in [-0.4, -0.2) is 10.5 Å². The Kier molecular flexibility index (Phi) is 4.88. The highest BCUT2D eigenvalue weighted by Gasteiger charge is 2.19. The Morgan fingerprint density at radius 3 is 2.44 bits per heavy atom. The van der Waals surface area contributed by atoms with E-state index < -0.39 is 6.04 Å². The van der Waals surface area contributed by atoms with Gasteiger partial charge in [-0.2, -0.15) is 0 Å². The van der Waals surface area contributed by atoms with E-state index in [1.54, 1.807) is 6.07 Å². The molecule has 0 radical (unpaired) electrons. The van der Waals surface area contributed by atoms with Crippen molar-refractivity contribution in [2.45, 2.75) is 39.7 Å². The first-order chi connectivity index (χ1) is 12.0. The predicted molar refractivity (Wildman–Crippen MR) is 100 cm³/mol. The second kappa shape index (κ2) is 7.09. The van der Waals surface area contributed by atoms with Gasteiger partial charge in [0, 0.05) is 22.8 Å². The molecule has 0 aliphatic rings. The fourth-order valence-electron chi connectivity index (χ4n) is 3.23. The van der Waals surface area contributed by atoms with Gasteiger partial charge in [0.25, 0.3) is 0 Å². The van der Waals surface area contributed by atoms with E-state index in [0.29, 0.717) is 0 Å². The molecule has 1 atom stereocenters. The molecule has 25 heavy (non-hydrogen) atoms. The number of aromatic nitrogens is 1. The second-order valence-corrected chi connectivity index (χ2v) is 6.25. The summed E-state index contributed by atoms with van der Waals surface area (Å²) >= 11 is 0. The number of rotatable bonds is 5. The lowest BCUT2D eigenvalue weighted by molar-refractivity contribution is -0.118. The van der Waals surface area contributed by atoms with Crippen molar-refractivity contribution in [3.63, 3.8) is 0 Å². The number of anilines is 1. The van der Waals surface area contributed by atoms with Crippen LogP contribution < -0.4 is 5.32 Å². The highest BCUT2D eigenvalue weighted by atomic mass is 19.1. The van der Waals surface area contributed by atoms with Crippen LogP contribution in [0, 0.1) is 5.82 Å². The lowest BCUT2D eigenvalue weighted by Crippen LogP contribution is -2.24. The summed E-state index contributed by atoms with van der Waals surface area (Å²) in [5.74, 6) is -0.343. The Hall–Kier alpha value is -2.62. The normalized spacial score (nSPS) is 12.3. The van der Waals surface area contributed by atoms with Crippen molar-refractivity contribution >= 4 is 22.5 Å². The van der Waals surface area contributed by atoms with Gasteiger partial charge in [0.1, 0.15) is 11.9 Å². The maximum Gasteiger partial charge on any atom is 0.247 e. The van der Waals surface area contributed by atoms with Crippen LogP contribution in [0.4, 0.5) is 10.1 Å². The molecule has 0 spiro atoms. The Morgan fingerprint density at radius 1 is 1.12 bits per heavy atom. The van der Waals surface area contributed by atoms with Gasteiger partial charge in [0.15, 0.2) is 0 Å². The number of benzene rings is 2. The molecule has 2 aromatic carbocycles. The van der Waals surface area contributed by atoms with Crippen LogP contribution in [0.15, 0.2) is 48.7 Å². The highest BCUT2D eigenvalue weighted by molar-refractivity contribution is 5.96. The molecule has 0 aliphatic heterocycles. The van der Waals surface area contributed by atoms with E-state index in [9.17, 15) is 9.18 Å². The van der Waals surface area contributed by atoms with E-state index in [4.69, 9.17) is 0 Å². The summed E-state index contributed by atoms with van der Waals surface area (Å²) in [6.07, 6.45) is 3.56. The number of hydrogen-bond donors (Lipinski definition) is 1. The fraction of sp³-hybridized carbons (Fsp3) is 0.286. The lowest BCUT2D eigenvalue weighted by Gasteiger charge is -2.19. The van der Waals surface area contributed by atoms with Gasteiger partial charge >= 0.3 is 0 Å². The summed E-state index contributed by atoms with van der Waals surface area (Å²) in [4.78, 5) is 12.9. The summed E-state index contributed by atoms with van der Waals surface area (Å²) in [5.41, 5.74) is 4.05. The fourth-order valence-corrected chi connectivity index (χ4v) is 3.23. The Bertz CT molecular complexity index is 891. The average molecular weight is 338 g/mol. The van der Waals surface area contributed by atoms with Crippen molar-refractivity contribution in [2.24, 2.45) is 0 Å². The topological polar surface area (TPSA) is 34.0 Å². The zero-order chi connectivity index (χ0) is 18.0. The number of nitrogens with one attached hydrogen (secondary N) is 1. The van der Waals surface area contributed by atoms with Crippen LogP contribution in [0.2, 0.25) is 0 Å². The van der Waals surface area contributed by atoms with Gasteiger partial charge in [-0.1, -0.05) is 32.0 Å². The van der Waals surface area contributed by atoms with Gasteiger partial charge in [-0.3, -0.25) is 4.79 Å². The molecule has 3 aromatic rings.